The average molecular weight is 505 g/mol. The first-order chi connectivity index (χ1) is 18.1. The molecule has 4 rings (SSSR count). The van der Waals surface area contributed by atoms with E-state index in [1.54, 1.807) is 21.3 Å². The van der Waals surface area contributed by atoms with Gasteiger partial charge in [-0.05, 0) is 66.3 Å². The summed E-state index contributed by atoms with van der Waals surface area (Å²) < 4.78 is 22.5. The van der Waals surface area contributed by atoms with Gasteiger partial charge in [-0.25, -0.2) is 0 Å². The van der Waals surface area contributed by atoms with Crippen LogP contribution >= 0.6 is 0 Å². The molecular formula is C30H36N2O5. The summed E-state index contributed by atoms with van der Waals surface area (Å²) in [5, 5.41) is 3.07. The molecule has 1 unspecified atom stereocenters. The van der Waals surface area contributed by atoms with Crippen LogP contribution in [0.3, 0.4) is 0 Å². The lowest BCUT2D eigenvalue weighted by Gasteiger charge is -2.37. The van der Waals surface area contributed by atoms with Crippen LogP contribution in [0.25, 0.3) is 0 Å². The molecule has 0 aromatic heterocycles. The standard InChI is InChI=1S/C30H36N2O5/c1-5-37-26-12-11-22(16-27(26)34-2)15-25-24-18-29(36-4)28(35-3)17-23(24)13-14-32(25)20-30(33)31-19-21-9-7-6-8-10-21/h6-12,16-18,25H,5,13-15,19-20H2,1-4H3,(H,31,33). The maximum atomic E-state index is 13.0. The van der Waals surface area contributed by atoms with E-state index in [9.17, 15) is 4.79 Å². The zero-order chi connectivity index (χ0) is 26.2. The van der Waals surface area contributed by atoms with Gasteiger partial charge in [0.1, 0.15) is 0 Å². The number of ether oxygens (including phenoxy) is 4. The third kappa shape index (κ3) is 6.35. The third-order valence-electron chi connectivity index (χ3n) is 6.75. The summed E-state index contributed by atoms with van der Waals surface area (Å²) in [6.07, 6.45) is 1.53. The van der Waals surface area contributed by atoms with Crippen molar-refractivity contribution in [3.05, 3.63) is 82.9 Å². The minimum Gasteiger partial charge on any atom is -0.493 e. The first-order valence-corrected chi connectivity index (χ1v) is 12.6. The lowest BCUT2D eigenvalue weighted by molar-refractivity contribution is -0.123. The molecule has 0 radical (unpaired) electrons. The highest BCUT2D eigenvalue weighted by atomic mass is 16.5. The van der Waals surface area contributed by atoms with Gasteiger partial charge in [0.05, 0.1) is 34.5 Å². The SMILES string of the molecule is CCOc1ccc(CC2c3cc(OC)c(OC)cc3CCN2CC(=O)NCc2ccccc2)cc1OC. The van der Waals surface area contributed by atoms with E-state index in [4.69, 9.17) is 18.9 Å². The molecule has 1 atom stereocenters. The van der Waals surface area contributed by atoms with Crippen molar-refractivity contribution in [1.29, 1.82) is 0 Å². The molecule has 1 N–H and O–H groups in total. The highest BCUT2D eigenvalue weighted by molar-refractivity contribution is 5.78. The lowest BCUT2D eigenvalue weighted by Crippen LogP contribution is -2.43. The van der Waals surface area contributed by atoms with Gasteiger partial charge in [-0.15, -0.1) is 0 Å². The molecule has 1 heterocycles. The monoisotopic (exact) mass is 504 g/mol. The quantitative estimate of drug-likeness (QED) is 0.413. The van der Waals surface area contributed by atoms with Gasteiger partial charge in [-0.3, -0.25) is 9.69 Å². The van der Waals surface area contributed by atoms with Crippen molar-refractivity contribution in [3.8, 4) is 23.0 Å². The van der Waals surface area contributed by atoms with E-state index in [1.807, 2.05) is 49.4 Å². The van der Waals surface area contributed by atoms with Crippen molar-refractivity contribution in [2.45, 2.75) is 32.4 Å². The highest BCUT2D eigenvalue weighted by Crippen LogP contribution is 2.40. The molecule has 1 aliphatic rings. The van der Waals surface area contributed by atoms with E-state index in [-0.39, 0.29) is 11.9 Å². The molecule has 7 nitrogen and oxygen atoms in total. The van der Waals surface area contributed by atoms with Gasteiger partial charge < -0.3 is 24.3 Å². The Hall–Kier alpha value is -3.71. The molecule has 0 fully saturated rings. The molecule has 1 aliphatic heterocycles. The summed E-state index contributed by atoms with van der Waals surface area (Å²) in [5.74, 6) is 2.83. The van der Waals surface area contributed by atoms with Crippen LogP contribution in [0.15, 0.2) is 60.7 Å². The Bertz CT molecular complexity index is 1200. The van der Waals surface area contributed by atoms with E-state index >= 15 is 0 Å². The lowest BCUT2D eigenvalue weighted by atomic mass is 9.88. The van der Waals surface area contributed by atoms with Crippen LogP contribution in [0.5, 0.6) is 23.0 Å². The van der Waals surface area contributed by atoms with E-state index in [1.165, 1.54) is 5.56 Å². The minimum absolute atomic E-state index is 0.00190. The largest absolute Gasteiger partial charge is 0.493 e. The molecule has 196 valence electrons. The van der Waals surface area contributed by atoms with Gasteiger partial charge >= 0.3 is 0 Å². The van der Waals surface area contributed by atoms with Crippen LogP contribution in [-0.4, -0.2) is 51.8 Å². The molecular weight excluding hydrogens is 468 g/mol. The van der Waals surface area contributed by atoms with Crippen molar-refractivity contribution in [2.24, 2.45) is 0 Å². The number of amides is 1. The molecule has 0 saturated carbocycles. The normalized spacial score (nSPS) is 15.0. The third-order valence-corrected chi connectivity index (χ3v) is 6.75. The van der Waals surface area contributed by atoms with Crippen molar-refractivity contribution in [2.75, 3.05) is 41.0 Å². The summed E-state index contributed by atoms with van der Waals surface area (Å²) in [5.41, 5.74) is 4.53. The molecule has 3 aromatic rings. The van der Waals surface area contributed by atoms with Crippen LogP contribution in [0.1, 0.15) is 35.2 Å². The number of methoxy groups -OCH3 is 3. The van der Waals surface area contributed by atoms with Crippen LogP contribution in [0, 0.1) is 0 Å². The van der Waals surface area contributed by atoms with Gasteiger partial charge in [0.15, 0.2) is 23.0 Å². The van der Waals surface area contributed by atoms with E-state index in [0.29, 0.717) is 37.6 Å². The number of carbonyl (C=O) groups excluding carboxylic acids is 1. The summed E-state index contributed by atoms with van der Waals surface area (Å²) in [6.45, 7) is 4.10. The number of nitrogens with zero attached hydrogens (tertiary/aromatic N) is 1. The first-order valence-electron chi connectivity index (χ1n) is 12.6. The Morgan fingerprint density at radius 1 is 0.892 bits per heavy atom. The second-order valence-corrected chi connectivity index (χ2v) is 9.03. The fraction of sp³-hybridized carbons (Fsp3) is 0.367. The maximum absolute atomic E-state index is 13.0. The second-order valence-electron chi connectivity index (χ2n) is 9.03. The smallest absolute Gasteiger partial charge is 0.234 e. The number of benzene rings is 3. The Morgan fingerprint density at radius 2 is 1.59 bits per heavy atom. The summed E-state index contributed by atoms with van der Waals surface area (Å²) in [7, 11) is 4.95. The number of carbonyl (C=O) groups is 1. The zero-order valence-corrected chi connectivity index (χ0v) is 22.1. The summed E-state index contributed by atoms with van der Waals surface area (Å²) in [4.78, 5) is 15.2. The van der Waals surface area contributed by atoms with E-state index < -0.39 is 0 Å². The van der Waals surface area contributed by atoms with Crippen molar-refractivity contribution >= 4 is 5.91 Å². The number of hydrogen-bond donors (Lipinski definition) is 1. The van der Waals surface area contributed by atoms with Gasteiger partial charge in [-0.2, -0.15) is 0 Å². The molecule has 37 heavy (non-hydrogen) atoms. The Balaban J connectivity index is 1.61. The molecule has 0 bridgehead atoms. The topological polar surface area (TPSA) is 69.3 Å². The predicted molar refractivity (Wildman–Crippen MR) is 144 cm³/mol. The number of fused-ring (bicyclic) bond motifs is 1. The summed E-state index contributed by atoms with van der Waals surface area (Å²) in [6, 6.07) is 20.1. The van der Waals surface area contributed by atoms with Gasteiger partial charge in [0, 0.05) is 19.1 Å². The van der Waals surface area contributed by atoms with Crippen LogP contribution in [0.2, 0.25) is 0 Å². The van der Waals surface area contributed by atoms with E-state index in [0.717, 1.165) is 41.2 Å². The van der Waals surface area contributed by atoms with Gasteiger partial charge in [0.2, 0.25) is 5.91 Å². The number of nitrogens with one attached hydrogen (secondary N) is 1. The fourth-order valence-electron chi connectivity index (χ4n) is 4.88. The van der Waals surface area contributed by atoms with Crippen molar-refractivity contribution in [1.82, 2.24) is 10.2 Å². The highest BCUT2D eigenvalue weighted by Gasteiger charge is 2.31. The maximum Gasteiger partial charge on any atom is 0.234 e. The second kappa shape index (κ2) is 12.5. The molecule has 7 heteroatoms. The number of hydrogen-bond acceptors (Lipinski definition) is 6. The van der Waals surface area contributed by atoms with E-state index in [2.05, 4.69) is 28.4 Å². The molecule has 0 spiro atoms. The zero-order valence-electron chi connectivity index (χ0n) is 22.1. The van der Waals surface area contributed by atoms with Crippen LogP contribution in [0.4, 0.5) is 0 Å². The average Bonchev–Trinajstić information content (AvgIpc) is 2.93. The number of rotatable bonds is 11. The Morgan fingerprint density at radius 3 is 2.30 bits per heavy atom. The van der Waals surface area contributed by atoms with Crippen LogP contribution < -0.4 is 24.3 Å². The Kier molecular flexibility index (Phi) is 8.90. The molecule has 3 aromatic carbocycles. The predicted octanol–water partition coefficient (Wildman–Crippen LogP) is 4.57. The Labute approximate surface area is 219 Å². The van der Waals surface area contributed by atoms with Crippen molar-refractivity contribution in [3.63, 3.8) is 0 Å². The first kappa shape index (κ1) is 26.4. The van der Waals surface area contributed by atoms with Gasteiger partial charge in [-0.1, -0.05) is 36.4 Å². The molecule has 0 saturated heterocycles. The van der Waals surface area contributed by atoms with Gasteiger partial charge in [0.25, 0.3) is 0 Å². The molecule has 0 aliphatic carbocycles. The molecule has 1 amide bonds. The minimum atomic E-state index is -0.0197. The van der Waals surface area contributed by atoms with Crippen molar-refractivity contribution < 1.29 is 23.7 Å². The van der Waals surface area contributed by atoms with Crippen LogP contribution in [-0.2, 0) is 24.2 Å². The fourth-order valence-corrected chi connectivity index (χ4v) is 4.88. The summed E-state index contributed by atoms with van der Waals surface area (Å²) >= 11 is 0.